The predicted molar refractivity (Wildman–Crippen MR) is 54.2 cm³/mol. The molecule has 0 bridgehead atoms. The quantitative estimate of drug-likeness (QED) is 0.387. The first-order chi connectivity index (χ1) is 6.12. The molecule has 2 unspecified atom stereocenters. The Bertz CT molecular complexity index is 131. The lowest BCUT2D eigenvalue weighted by Crippen LogP contribution is -2.36. The summed E-state index contributed by atoms with van der Waals surface area (Å²) in [6, 6.07) is 0. The fourth-order valence-electron chi connectivity index (χ4n) is 0.824. The highest BCUT2D eigenvalue weighted by Crippen LogP contribution is 2.20. The molecule has 0 saturated carbocycles. The van der Waals surface area contributed by atoms with Gasteiger partial charge < -0.3 is 25.3 Å². The summed E-state index contributed by atoms with van der Waals surface area (Å²) in [6.07, 6.45) is 0.311. The summed E-state index contributed by atoms with van der Waals surface area (Å²) in [5.41, 5.74) is -0.768. The van der Waals surface area contributed by atoms with Crippen LogP contribution in [0.5, 0.6) is 0 Å². The lowest BCUT2D eigenvalue weighted by molar-refractivity contribution is -0.0386. The van der Waals surface area contributed by atoms with E-state index in [0.29, 0.717) is 6.42 Å². The molecule has 5 N–H and O–H groups in total. The van der Waals surface area contributed by atoms with Crippen LogP contribution in [0, 0.1) is 5.92 Å². The molecule has 0 fully saturated rings. The molecule has 0 aromatic rings. The molecular formula is C8H21BO5. The fourth-order valence-corrected chi connectivity index (χ4v) is 0.824. The molecule has 0 aromatic heterocycles. The Morgan fingerprint density at radius 1 is 1.21 bits per heavy atom. The molecule has 0 saturated heterocycles. The summed E-state index contributed by atoms with van der Waals surface area (Å²) in [4.78, 5) is 0. The van der Waals surface area contributed by atoms with E-state index in [-0.39, 0.29) is 12.0 Å². The van der Waals surface area contributed by atoms with E-state index in [1.54, 1.807) is 13.8 Å². The molecule has 86 valence electrons. The zero-order valence-corrected chi connectivity index (χ0v) is 9.18. The highest BCUT2D eigenvalue weighted by molar-refractivity contribution is 6.30. The maximum absolute atomic E-state index is 9.43. The molecule has 6 heteroatoms. The Kier molecular flexibility index (Phi) is 8.38. The smallest absolute Gasteiger partial charge is 0.402 e. The predicted octanol–water partition coefficient (Wildman–Crippen LogP) is -0.887. The first-order valence-electron chi connectivity index (χ1n) is 4.57. The SMILES string of the molecule is CCC(O)C(C)C(C)(C)O.OB(O)O. The van der Waals surface area contributed by atoms with Gasteiger partial charge in [0.2, 0.25) is 0 Å². The molecule has 0 aromatic carbocycles. The Morgan fingerprint density at radius 3 is 1.57 bits per heavy atom. The second kappa shape index (κ2) is 7.20. The van der Waals surface area contributed by atoms with Gasteiger partial charge in [-0.25, -0.2) is 0 Å². The molecule has 0 amide bonds. The lowest BCUT2D eigenvalue weighted by atomic mass is 9.87. The molecule has 0 spiro atoms. The van der Waals surface area contributed by atoms with Gasteiger partial charge in [0.15, 0.2) is 0 Å². The Morgan fingerprint density at radius 2 is 1.50 bits per heavy atom. The van der Waals surface area contributed by atoms with Crippen LogP contribution in [0.1, 0.15) is 34.1 Å². The standard InChI is InChI=1S/C8H18O2.BH3O3/c1-5-7(9)6(2)8(3,4)10;2-1(3)4/h6-7,9-10H,5H2,1-4H3;2-4H. The Hall–Kier alpha value is -0.135. The molecule has 14 heavy (non-hydrogen) atoms. The maximum atomic E-state index is 9.43. The third-order valence-electron chi connectivity index (χ3n) is 2.11. The van der Waals surface area contributed by atoms with Crippen LogP contribution in [-0.4, -0.2) is 44.3 Å². The van der Waals surface area contributed by atoms with Crippen LogP contribution in [0.2, 0.25) is 0 Å². The number of aliphatic hydroxyl groups excluding tert-OH is 1. The van der Waals surface area contributed by atoms with Crippen LogP contribution in [0.25, 0.3) is 0 Å². The molecule has 0 aliphatic rings. The summed E-state index contributed by atoms with van der Waals surface area (Å²) >= 11 is 0. The summed E-state index contributed by atoms with van der Waals surface area (Å²) in [7, 11) is -2.17. The summed E-state index contributed by atoms with van der Waals surface area (Å²) in [5, 5.41) is 40.2. The minimum absolute atomic E-state index is 0.0579. The highest BCUT2D eigenvalue weighted by Gasteiger charge is 2.27. The number of rotatable bonds is 3. The van der Waals surface area contributed by atoms with E-state index in [1.807, 2.05) is 13.8 Å². The van der Waals surface area contributed by atoms with Crippen molar-refractivity contribution in [3.8, 4) is 0 Å². The second-order valence-corrected chi connectivity index (χ2v) is 3.76. The summed E-state index contributed by atoms with van der Waals surface area (Å²) in [6.45, 7) is 7.20. The summed E-state index contributed by atoms with van der Waals surface area (Å²) < 4.78 is 0. The maximum Gasteiger partial charge on any atom is 0.631 e. The third-order valence-corrected chi connectivity index (χ3v) is 2.11. The molecule has 0 radical (unpaired) electrons. The van der Waals surface area contributed by atoms with E-state index in [9.17, 15) is 10.2 Å². The van der Waals surface area contributed by atoms with Gasteiger partial charge in [-0.05, 0) is 20.3 Å². The van der Waals surface area contributed by atoms with Gasteiger partial charge >= 0.3 is 7.32 Å². The normalized spacial score (nSPS) is 15.2. The van der Waals surface area contributed by atoms with Crippen molar-refractivity contribution in [2.45, 2.75) is 45.8 Å². The van der Waals surface area contributed by atoms with Crippen LogP contribution >= 0.6 is 0 Å². The van der Waals surface area contributed by atoms with Crippen molar-refractivity contribution in [2.24, 2.45) is 5.92 Å². The molecule has 2 atom stereocenters. The number of hydrogen-bond donors (Lipinski definition) is 5. The van der Waals surface area contributed by atoms with E-state index < -0.39 is 12.9 Å². The third kappa shape index (κ3) is 9.95. The topological polar surface area (TPSA) is 101 Å². The van der Waals surface area contributed by atoms with Crippen LogP contribution in [0.15, 0.2) is 0 Å². The number of aliphatic hydroxyl groups is 2. The molecule has 0 rings (SSSR count). The molecule has 5 nitrogen and oxygen atoms in total. The minimum atomic E-state index is -2.17. The first-order valence-corrected chi connectivity index (χ1v) is 4.57. The Labute approximate surface area is 85.2 Å². The minimum Gasteiger partial charge on any atom is -0.402 e. The van der Waals surface area contributed by atoms with E-state index in [4.69, 9.17) is 15.1 Å². The van der Waals surface area contributed by atoms with E-state index in [1.165, 1.54) is 0 Å². The van der Waals surface area contributed by atoms with E-state index >= 15 is 0 Å². The van der Waals surface area contributed by atoms with Crippen molar-refractivity contribution >= 4 is 7.32 Å². The van der Waals surface area contributed by atoms with Crippen LogP contribution < -0.4 is 0 Å². The van der Waals surface area contributed by atoms with Gasteiger partial charge in [0.1, 0.15) is 0 Å². The van der Waals surface area contributed by atoms with Gasteiger partial charge in [0, 0.05) is 5.92 Å². The van der Waals surface area contributed by atoms with E-state index in [0.717, 1.165) is 0 Å². The van der Waals surface area contributed by atoms with Crippen molar-refractivity contribution in [1.29, 1.82) is 0 Å². The van der Waals surface area contributed by atoms with Crippen LogP contribution in [0.4, 0.5) is 0 Å². The average molecular weight is 208 g/mol. The van der Waals surface area contributed by atoms with Crippen molar-refractivity contribution in [3.63, 3.8) is 0 Å². The molecule has 0 aliphatic carbocycles. The van der Waals surface area contributed by atoms with E-state index in [2.05, 4.69) is 0 Å². The largest absolute Gasteiger partial charge is 0.631 e. The van der Waals surface area contributed by atoms with Crippen LogP contribution in [-0.2, 0) is 0 Å². The second-order valence-electron chi connectivity index (χ2n) is 3.76. The average Bonchev–Trinajstić information content (AvgIpc) is 1.99. The van der Waals surface area contributed by atoms with Crippen molar-refractivity contribution in [3.05, 3.63) is 0 Å². The van der Waals surface area contributed by atoms with Gasteiger partial charge in [-0.3, -0.25) is 0 Å². The van der Waals surface area contributed by atoms with Crippen molar-refractivity contribution in [1.82, 2.24) is 0 Å². The Balaban J connectivity index is 0. The zero-order chi connectivity index (χ0) is 11.9. The molecule has 0 aliphatic heterocycles. The van der Waals surface area contributed by atoms with Gasteiger partial charge in [-0.1, -0.05) is 13.8 Å². The van der Waals surface area contributed by atoms with Crippen molar-refractivity contribution in [2.75, 3.05) is 0 Å². The van der Waals surface area contributed by atoms with Gasteiger partial charge in [-0.2, -0.15) is 0 Å². The first kappa shape index (κ1) is 16.3. The zero-order valence-electron chi connectivity index (χ0n) is 9.18. The van der Waals surface area contributed by atoms with Gasteiger partial charge in [0.05, 0.1) is 11.7 Å². The molecular weight excluding hydrogens is 187 g/mol. The monoisotopic (exact) mass is 208 g/mol. The van der Waals surface area contributed by atoms with Gasteiger partial charge in [0.25, 0.3) is 0 Å². The van der Waals surface area contributed by atoms with Crippen LogP contribution in [0.3, 0.4) is 0 Å². The van der Waals surface area contributed by atoms with Crippen molar-refractivity contribution < 1.29 is 25.3 Å². The highest BCUT2D eigenvalue weighted by atomic mass is 16.5. The summed E-state index contributed by atoms with van der Waals surface area (Å²) in [5.74, 6) is -0.0579. The lowest BCUT2D eigenvalue weighted by Gasteiger charge is -2.29. The fraction of sp³-hybridized carbons (Fsp3) is 1.00. The number of hydrogen-bond acceptors (Lipinski definition) is 5. The molecule has 0 heterocycles. The van der Waals surface area contributed by atoms with Gasteiger partial charge in [-0.15, -0.1) is 0 Å².